The fraction of sp³-hybridized carbons (Fsp3) is 0.364. The summed E-state index contributed by atoms with van der Waals surface area (Å²) in [7, 11) is 0. The third-order valence-corrected chi connectivity index (χ3v) is 2.12. The molecule has 88 valence electrons. The van der Waals surface area contributed by atoms with E-state index in [0.29, 0.717) is 0 Å². The van der Waals surface area contributed by atoms with E-state index in [1.54, 1.807) is 13.8 Å². The summed E-state index contributed by atoms with van der Waals surface area (Å²) in [6, 6.07) is 2.89. The van der Waals surface area contributed by atoms with Gasteiger partial charge in [0.25, 0.3) is 0 Å². The van der Waals surface area contributed by atoms with Gasteiger partial charge in [0, 0.05) is 6.20 Å². The summed E-state index contributed by atoms with van der Waals surface area (Å²) < 4.78 is 38.3. The van der Waals surface area contributed by atoms with Crippen LogP contribution in [0, 0.1) is 5.92 Å². The molecule has 5 heteroatoms. The van der Waals surface area contributed by atoms with Gasteiger partial charge in [-0.05, 0) is 18.1 Å². The van der Waals surface area contributed by atoms with Gasteiger partial charge in [-0.2, -0.15) is 13.2 Å². The second-order valence-corrected chi connectivity index (χ2v) is 4.06. The molecule has 1 heterocycles. The standard InChI is InChI=1S/C11H11ClF3N/c1-7(2)6-8(11(13,14)15)10-9(12)4-3-5-16-10/h3-7H,1-2H3/b8-6-. The lowest BCUT2D eigenvalue weighted by molar-refractivity contribution is -0.0694. The highest BCUT2D eigenvalue weighted by Crippen LogP contribution is 2.36. The van der Waals surface area contributed by atoms with Crippen LogP contribution in [0.4, 0.5) is 13.2 Å². The topological polar surface area (TPSA) is 12.9 Å². The van der Waals surface area contributed by atoms with Gasteiger partial charge in [0.15, 0.2) is 0 Å². The Bertz CT molecular complexity index is 396. The SMILES string of the molecule is CC(C)/C=C(/c1ncccc1Cl)C(F)(F)F. The van der Waals surface area contributed by atoms with Gasteiger partial charge in [0.05, 0.1) is 16.3 Å². The van der Waals surface area contributed by atoms with E-state index in [1.807, 2.05) is 0 Å². The number of alkyl halides is 3. The van der Waals surface area contributed by atoms with Gasteiger partial charge in [-0.1, -0.05) is 31.5 Å². The van der Waals surface area contributed by atoms with Crippen LogP contribution in [0.25, 0.3) is 5.57 Å². The van der Waals surface area contributed by atoms with Crippen molar-refractivity contribution in [3.63, 3.8) is 0 Å². The second kappa shape index (κ2) is 4.87. The summed E-state index contributed by atoms with van der Waals surface area (Å²) in [4.78, 5) is 3.68. The van der Waals surface area contributed by atoms with Gasteiger partial charge in [-0.15, -0.1) is 0 Å². The first kappa shape index (κ1) is 13.0. The van der Waals surface area contributed by atoms with E-state index >= 15 is 0 Å². The number of aromatic nitrogens is 1. The fourth-order valence-electron chi connectivity index (χ4n) is 1.22. The molecular weight excluding hydrogens is 239 g/mol. The lowest BCUT2D eigenvalue weighted by Crippen LogP contribution is -2.13. The third kappa shape index (κ3) is 3.23. The highest BCUT2D eigenvalue weighted by Gasteiger charge is 2.36. The smallest absolute Gasteiger partial charge is 0.255 e. The predicted molar refractivity (Wildman–Crippen MR) is 58.1 cm³/mol. The lowest BCUT2D eigenvalue weighted by Gasteiger charge is -2.13. The average molecular weight is 250 g/mol. The van der Waals surface area contributed by atoms with Crippen molar-refractivity contribution in [2.75, 3.05) is 0 Å². The fourth-order valence-corrected chi connectivity index (χ4v) is 1.45. The maximum atomic E-state index is 12.8. The molecule has 0 bridgehead atoms. The van der Waals surface area contributed by atoms with Gasteiger partial charge in [0.2, 0.25) is 0 Å². The van der Waals surface area contributed by atoms with Gasteiger partial charge >= 0.3 is 6.18 Å². The highest BCUT2D eigenvalue weighted by atomic mass is 35.5. The van der Waals surface area contributed by atoms with Crippen molar-refractivity contribution >= 4 is 17.2 Å². The molecule has 0 saturated carbocycles. The second-order valence-electron chi connectivity index (χ2n) is 3.66. The summed E-state index contributed by atoms with van der Waals surface area (Å²) in [5, 5.41) is 0.00623. The molecule has 0 aromatic carbocycles. The maximum absolute atomic E-state index is 12.8. The molecule has 16 heavy (non-hydrogen) atoms. The van der Waals surface area contributed by atoms with Crippen molar-refractivity contribution in [2.45, 2.75) is 20.0 Å². The number of hydrogen-bond acceptors (Lipinski definition) is 1. The van der Waals surface area contributed by atoms with Crippen LogP contribution in [0.5, 0.6) is 0 Å². The van der Waals surface area contributed by atoms with Crippen molar-refractivity contribution < 1.29 is 13.2 Å². The molecular formula is C11H11ClF3N. The molecule has 0 atom stereocenters. The van der Waals surface area contributed by atoms with Crippen molar-refractivity contribution in [1.82, 2.24) is 4.98 Å². The van der Waals surface area contributed by atoms with Crippen molar-refractivity contribution in [3.05, 3.63) is 35.1 Å². The summed E-state index contributed by atoms with van der Waals surface area (Å²) >= 11 is 5.71. The molecule has 0 unspecified atom stereocenters. The first-order valence-corrected chi connectivity index (χ1v) is 5.10. The number of hydrogen-bond donors (Lipinski definition) is 0. The summed E-state index contributed by atoms with van der Waals surface area (Å²) in [6.45, 7) is 3.34. The molecule has 1 rings (SSSR count). The van der Waals surface area contributed by atoms with E-state index in [1.165, 1.54) is 18.3 Å². The summed E-state index contributed by atoms with van der Waals surface area (Å²) in [5.41, 5.74) is -1.00. The molecule has 0 fully saturated rings. The minimum atomic E-state index is -4.44. The van der Waals surface area contributed by atoms with E-state index in [9.17, 15) is 13.2 Å². The number of pyridine rings is 1. The molecule has 0 aliphatic rings. The van der Waals surface area contributed by atoms with Gasteiger partial charge < -0.3 is 0 Å². The molecule has 0 aliphatic carbocycles. The molecule has 1 aromatic heterocycles. The molecule has 0 radical (unpaired) electrons. The highest BCUT2D eigenvalue weighted by molar-refractivity contribution is 6.32. The van der Waals surface area contributed by atoms with Crippen LogP contribution in [0.2, 0.25) is 5.02 Å². The maximum Gasteiger partial charge on any atom is 0.418 e. The largest absolute Gasteiger partial charge is 0.418 e. The molecule has 1 aromatic rings. The Labute approximate surface area is 97.0 Å². The van der Waals surface area contributed by atoms with E-state index < -0.39 is 11.7 Å². The third-order valence-electron chi connectivity index (χ3n) is 1.82. The molecule has 0 N–H and O–H groups in total. The Morgan fingerprint density at radius 3 is 2.50 bits per heavy atom. The van der Waals surface area contributed by atoms with E-state index in [4.69, 9.17) is 11.6 Å². The number of nitrogens with zero attached hydrogens (tertiary/aromatic N) is 1. The monoisotopic (exact) mass is 249 g/mol. The zero-order chi connectivity index (χ0) is 12.3. The van der Waals surface area contributed by atoms with Crippen LogP contribution >= 0.6 is 11.6 Å². The number of halogens is 4. The average Bonchev–Trinajstić information content (AvgIpc) is 2.13. The Kier molecular flexibility index (Phi) is 3.97. The summed E-state index contributed by atoms with van der Waals surface area (Å²) in [6.07, 6.45) is -2.03. The molecule has 0 aliphatic heterocycles. The first-order valence-electron chi connectivity index (χ1n) is 4.72. The Hall–Kier alpha value is -1.03. The minimum absolute atomic E-state index is 0.00623. The van der Waals surface area contributed by atoms with Crippen molar-refractivity contribution in [1.29, 1.82) is 0 Å². The van der Waals surface area contributed by atoms with Gasteiger partial charge in [0.1, 0.15) is 0 Å². The van der Waals surface area contributed by atoms with Gasteiger partial charge in [-0.25, -0.2) is 0 Å². The van der Waals surface area contributed by atoms with E-state index in [2.05, 4.69) is 4.98 Å². The Morgan fingerprint density at radius 2 is 2.06 bits per heavy atom. The van der Waals surface area contributed by atoms with E-state index in [0.717, 1.165) is 6.08 Å². The van der Waals surface area contributed by atoms with Crippen LogP contribution in [-0.2, 0) is 0 Å². The summed E-state index contributed by atoms with van der Waals surface area (Å²) in [5.74, 6) is -0.227. The van der Waals surface area contributed by atoms with Crippen molar-refractivity contribution in [2.24, 2.45) is 5.92 Å². The molecule has 0 spiro atoms. The first-order chi connectivity index (χ1) is 7.32. The number of allylic oxidation sites excluding steroid dienone is 2. The van der Waals surface area contributed by atoms with E-state index in [-0.39, 0.29) is 16.6 Å². The van der Waals surface area contributed by atoms with Crippen LogP contribution < -0.4 is 0 Å². The Balaban J connectivity index is 3.29. The van der Waals surface area contributed by atoms with Crippen LogP contribution in [0.3, 0.4) is 0 Å². The zero-order valence-corrected chi connectivity index (χ0v) is 9.60. The van der Waals surface area contributed by atoms with Crippen LogP contribution in [0.15, 0.2) is 24.4 Å². The van der Waals surface area contributed by atoms with Crippen LogP contribution in [0.1, 0.15) is 19.5 Å². The van der Waals surface area contributed by atoms with Crippen molar-refractivity contribution in [3.8, 4) is 0 Å². The molecule has 0 saturated heterocycles. The lowest BCUT2D eigenvalue weighted by atomic mass is 10.1. The quantitative estimate of drug-likeness (QED) is 0.760. The normalized spacial score (nSPS) is 13.3. The number of rotatable bonds is 2. The van der Waals surface area contributed by atoms with Gasteiger partial charge in [-0.3, -0.25) is 4.98 Å². The minimum Gasteiger partial charge on any atom is -0.255 e. The Morgan fingerprint density at radius 1 is 1.44 bits per heavy atom. The van der Waals surface area contributed by atoms with Crippen LogP contribution in [-0.4, -0.2) is 11.2 Å². The zero-order valence-electron chi connectivity index (χ0n) is 8.85. The predicted octanol–water partition coefficient (Wildman–Crippen LogP) is 4.34. The molecule has 0 amide bonds. The molecule has 1 nitrogen and oxygen atoms in total.